The van der Waals surface area contributed by atoms with Crippen molar-refractivity contribution in [2.24, 2.45) is 0 Å². The highest BCUT2D eigenvalue weighted by atomic mass is 16.2. The van der Waals surface area contributed by atoms with Crippen LogP contribution in [0.5, 0.6) is 0 Å². The van der Waals surface area contributed by atoms with Gasteiger partial charge in [0.2, 0.25) is 0 Å². The van der Waals surface area contributed by atoms with E-state index in [0.717, 1.165) is 16.9 Å². The van der Waals surface area contributed by atoms with Crippen molar-refractivity contribution in [2.45, 2.75) is 19.4 Å². The minimum atomic E-state index is -0.797. The van der Waals surface area contributed by atoms with Crippen LogP contribution in [0.2, 0.25) is 0 Å². The Hall–Kier alpha value is -2.36. The maximum Gasteiger partial charge on any atom is 0.254 e. The molecule has 1 aliphatic heterocycles. The number of aryl methyl sites for hydroxylation is 1. The number of fused-ring (bicyclic) bond motifs is 1. The van der Waals surface area contributed by atoms with Crippen LogP contribution in [0.1, 0.15) is 18.2 Å². The van der Waals surface area contributed by atoms with Crippen LogP contribution >= 0.6 is 0 Å². The number of rotatable bonds is 1. The molecule has 1 aromatic heterocycles. The van der Waals surface area contributed by atoms with Gasteiger partial charge in [0.25, 0.3) is 5.91 Å². The number of hydrogen-bond donors (Lipinski definition) is 2. The van der Waals surface area contributed by atoms with Crippen LogP contribution in [0.15, 0.2) is 42.5 Å². The smallest absolute Gasteiger partial charge is 0.254 e. The molecule has 3 rings (SSSR count). The molecule has 0 saturated heterocycles. The second-order valence-electron chi connectivity index (χ2n) is 4.92. The molecule has 2 N–H and O–H groups in total. The van der Waals surface area contributed by atoms with Crippen LogP contribution < -0.4 is 10.6 Å². The molecule has 1 aromatic carbocycles. The number of pyridine rings is 1. The van der Waals surface area contributed by atoms with Crippen molar-refractivity contribution in [1.29, 1.82) is 0 Å². The molecule has 1 amide bonds. The normalized spacial score (nSPS) is 21.3. The number of carbonyl (C=O) groups is 1. The third kappa shape index (κ3) is 1.85. The molecule has 0 radical (unpaired) electrons. The van der Waals surface area contributed by atoms with Crippen molar-refractivity contribution < 1.29 is 4.79 Å². The Labute approximate surface area is 111 Å². The van der Waals surface area contributed by atoms with Crippen molar-refractivity contribution in [3.8, 4) is 0 Å². The zero-order valence-electron chi connectivity index (χ0n) is 10.9. The van der Waals surface area contributed by atoms with Gasteiger partial charge < -0.3 is 10.6 Å². The fraction of sp³-hybridized carbons (Fsp3) is 0.200. The first-order chi connectivity index (χ1) is 9.09. The lowest BCUT2D eigenvalue weighted by Crippen LogP contribution is -2.47. The van der Waals surface area contributed by atoms with Crippen molar-refractivity contribution in [1.82, 2.24) is 4.98 Å². The van der Waals surface area contributed by atoms with Gasteiger partial charge in [0.15, 0.2) is 5.82 Å². The van der Waals surface area contributed by atoms with E-state index in [1.54, 1.807) is 0 Å². The molecule has 4 nitrogen and oxygen atoms in total. The zero-order chi connectivity index (χ0) is 13.5. The molecule has 4 heteroatoms. The maximum absolute atomic E-state index is 12.4. The largest absolute Gasteiger partial charge is 0.351 e. The number of benzene rings is 1. The molecule has 0 spiro atoms. The minimum absolute atomic E-state index is 0.0724. The van der Waals surface area contributed by atoms with Gasteiger partial charge in [0.1, 0.15) is 5.54 Å². The second kappa shape index (κ2) is 4.09. The topological polar surface area (TPSA) is 54.0 Å². The first-order valence-electron chi connectivity index (χ1n) is 6.22. The van der Waals surface area contributed by atoms with Gasteiger partial charge in [-0.05, 0) is 31.5 Å². The summed E-state index contributed by atoms with van der Waals surface area (Å²) in [7, 11) is 0. The Bertz CT molecular complexity index is 639. The number of hydrogen-bond acceptors (Lipinski definition) is 3. The van der Waals surface area contributed by atoms with Crippen LogP contribution in [-0.2, 0) is 10.3 Å². The van der Waals surface area contributed by atoms with Gasteiger partial charge in [0.05, 0.1) is 5.69 Å². The van der Waals surface area contributed by atoms with Gasteiger partial charge in [-0.25, -0.2) is 4.98 Å². The number of anilines is 2. The Balaban J connectivity index is 2.08. The van der Waals surface area contributed by atoms with Crippen molar-refractivity contribution in [2.75, 3.05) is 10.6 Å². The zero-order valence-corrected chi connectivity index (χ0v) is 10.9. The van der Waals surface area contributed by atoms with E-state index in [0.29, 0.717) is 5.82 Å². The van der Waals surface area contributed by atoms with E-state index < -0.39 is 5.54 Å². The molecular formula is C15H15N3O. The van der Waals surface area contributed by atoms with Crippen LogP contribution in [0.4, 0.5) is 11.5 Å². The van der Waals surface area contributed by atoms with E-state index in [1.165, 1.54) is 0 Å². The summed E-state index contributed by atoms with van der Waals surface area (Å²) >= 11 is 0. The quantitative estimate of drug-likeness (QED) is 0.821. The summed E-state index contributed by atoms with van der Waals surface area (Å²) in [5.41, 5.74) is 1.76. The summed E-state index contributed by atoms with van der Waals surface area (Å²) in [6.07, 6.45) is 0. The second-order valence-corrected chi connectivity index (χ2v) is 4.92. The molecule has 19 heavy (non-hydrogen) atoms. The summed E-state index contributed by atoms with van der Waals surface area (Å²) in [4.78, 5) is 16.8. The predicted octanol–water partition coefficient (Wildman–Crippen LogP) is 2.67. The first-order valence-corrected chi connectivity index (χ1v) is 6.22. The summed E-state index contributed by atoms with van der Waals surface area (Å²) in [5.74, 6) is 0.641. The Morgan fingerprint density at radius 2 is 1.84 bits per heavy atom. The van der Waals surface area contributed by atoms with Crippen molar-refractivity contribution >= 4 is 17.4 Å². The monoisotopic (exact) mass is 253 g/mol. The molecule has 1 unspecified atom stereocenters. The van der Waals surface area contributed by atoms with Crippen molar-refractivity contribution in [3.63, 3.8) is 0 Å². The van der Waals surface area contributed by atoms with E-state index in [2.05, 4.69) is 15.6 Å². The number of nitrogens with one attached hydrogen (secondary N) is 2. The molecular weight excluding hydrogens is 238 g/mol. The highest BCUT2D eigenvalue weighted by molar-refractivity contribution is 6.05. The third-order valence-electron chi connectivity index (χ3n) is 3.46. The number of aromatic nitrogens is 1. The van der Waals surface area contributed by atoms with Gasteiger partial charge >= 0.3 is 0 Å². The van der Waals surface area contributed by atoms with E-state index in [9.17, 15) is 4.79 Å². The average Bonchev–Trinajstić information content (AvgIpc) is 2.41. The number of amides is 1. The molecule has 0 bridgehead atoms. The lowest BCUT2D eigenvalue weighted by Gasteiger charge is -2.35. The van der Waals surface area contributed by atoms with E-state index in [4.69, 9.17) is 0 Å². The highest BCUT2D eigenvalue weighted by Crippen LogP contribution is 2.34. The lowest BCUT2D eigenvalue weighted by molar-refractivity contribution is -0.120. The molecule has 1 atom stereocenters. The number of nitrogens with zero attached hydrogens (tertiary/aromatic N) is 1. The molecule has 0 saturated carbocycles. The Kier molecular flexibility index (Phi) is 2.52. The summed E-state index contributed by atoms with van der Waals surface area (Å²) in [6, 6.07) is 13.4. The summed E-state index contributed by atoms with van der Waals surface area (Å²) in [5, 5.41) is 6.17. The minimum Gasteiger partial charge on any atom is -0.351 e. The molecule has 2 heterocycles. The lowest BCUT2D eigenvalue weighted by atomic mass is 9.89. The molecule has 2 aromatic rings. The SMILES string of the molecule is Cc1ccc2c(n1)NC(C)(c1ccccc1)C(=O)N2. The van der Waals surface area contributed by atoms with Crippen LogP contribution in [0.25, 0.3) is 0 Å². The standard InChI is InChI=1S/C15H15N3O/c1-10-8-9-12-13(16-10)18-15(2,14(19)17-12)11-6-4-3-5-7-11/h3-9H,1-2H3,(H,16,18)(H,17,19). The van der Waals surface area contributed by atoms with E-state index in [-0.39, 0.29) is 5.91 Å². The van der Waals surface area contributed by atoms with Crippen LogP contribution in [-0.4, -0.2) is 10.9 Å². The Morgan fingerprint density at radius 1 is 1.11 bits per heavy atom. The van der Waals surface area contributed by atoms with Crippen LogP contribution in [0.3, 0.4) is 0 Å². The van der Waals surface area contributed by atoms with Gasteiger partial charge in [-0.3, -0.25) is 4.79 Å². The third-order valence-corrected chi connectivity index (χ3v) is 3.46. The van der Waals surface area contributed by atoms with Gasteiger partial charge in [-0.2, -0.15) is 0 Å². The fourth-order valence-corrected chi connectivity index (χ4v) is 2.27. The van der Waals surface area contributed by atoms with Gasteiger partial charge in [-0.15, -0.1) is 0 Å². The fourth-order valence-electron chi connectivity index (χ4n) is 2.27. The Morgan fingerprint density at radius 3 is 2.58 bits per heavy atom. The summed E-state index contributed by atoms with van der Waals surface area (Å²) < 4.78 is 0. The van der Waals surface area contributed by atoms with E-state index >= 15 is 0 Å². The van der Waals surface area contributed by atoms with E-state index in [1.807, 2.05) is 56.3 Å². The number of carbonyl (C=O) groups excluding carboxylic acids is 1. The van der Waals surface area contributed by atoms with Crippen LogP contribution in [0, 0.1) is 6.92 Å². The predicted molar refractivity (Wildman–Crippen MR) is 75.0 cm³/mol. The molecule has 0 fully saturated rings. The maximum atomic E-state index is 12.4. The molecule has 96 valence electrons. The highest BCUT2D eigenvalue weighted by Gasteiger charge is 2.39. The van der Waals surface area contributed by atoms with Crippen molar-refractivity contribution in [3.05, 3.63) is 53.7 Å². The van der Waals surface area contributed by atoms with Gasteiger partial charge in [0, 0.05) is 5.69 Å². The first kappa shape index (κ1) is 11.7. The molecule has 1 aliphatic rings. The molecule has 0 aliphatic carbocycles. The van der Waals surface area contributed by atoms with Gasteiger partial charge in [-0.1, -0.05) is 30.3 Å². The summed E-state index contributed by atoms with van der Waals surface area (Å²) in [6.45, 7) is 3.79. The average molecular weight is 253 g/mol.